The summed E-state index contributed by atoms with van der Waals surface area (Å²) >= 11 is 0. The minimum absolute atomic E-state index is 0.0305. The topological polar surface area (TPSA) is 135 Å². The van der Waals surface area contributed by atoms with Gasteiger partial charge in [-0.1, -0.05) is 6.42 Å². The van der Waals surface area contributed by atoms with Crippen LogP contribution in [0, 0.1) is 21.4 Å². The Kier molecular flexibility index (Phi) is 4.26. The van der Waals surface area contributed by atoms with Gasteiger partial charge in [-0.25, -0.2) is 8.42 Å². The highest BCUT2D eigenvalue weighted by atomic mass is 32.2. The summed E-state index contributed by atoms with van der Waals surface area (Å²) in [5.41, 5.74) is -1.60. The zero-order valence-electron chi connectivity index (χ0n) is 14.0. The van der Waals surface area contributed by atoms with Gasteiger partial charge in [0, 0.05) is 37.0 Å². The molecule has 1 heterocycles. The van der Waals surface area contributed by atoms with E-state index < -0.39 is 37.7 Å². The number of aliphatic carboxylic acids is 1. The monoisotopic (exact) mass is 382 g/mol. The molecule has 1 amide bonds. The van der Waals surface area contributed by atoms with Crippen molar-refractivity contribution in [3.8, 4) is 0 Å². The number of rotatable bonds is 4. The summed E-state index contributed by atoms with van der Waals surface area (Å²) in [6, 6.07) is 3.04. The molecular weight excluding hydrogens is 364 g/mol. The fourth-order valence-electron chi connectivity index (χ4n) is 4.00. The smallest absolute Gasteiger partial charge is 0.311 e. The van der Waals surface area contributed by atoms with E-state index in [0.29, 0.717) is 12.8 Å². The van der Waals surface area contributed by atoms with Crippen LogP contribution in [0.2, 0.25) is 0 Å². The first-order chi connectivity index (χ1) is 12.0. The van der Waals surface area contributed by atoms with Gasteiger partial charge in [-0.05, 0) is 24.8 Å². The Morgan fingerprint density at radius 1 is 1.35 bits per heavy atom. The molecule has 3 rings (SSSR count). The number of hydrogen-bond donors (Lipinski definition) is 1. The third-order valence-electron chi connectivity index (χ3n) is 5.36. The number of fused-ring (bicyclic) bond motifs is 1. The van der Waals surface area contributed by atoms with Crippen LogP contribution < -0.4 is 0 Å². The summed E-state index contributed by atoms with van der Waals surface area (Å²) in [6.07, 6.45) is 2.88. The van der Waals surface area contributed by atoms with Gasteiger partial charge in [0.25, 0.3) is 11.6 Å². The second-order valence-corrected chi connectivity index (χ2v) is 9.00. The normalized spacial score (nSPS) is 25.1. The van der Waals surface area contributed by atoms with Crippen molar-refractivity contribution in [2.45, 2.75) is 24.2 Å². The molecule has 10 heteroatoms. The van der Waals surface area contributed by atoms with Gasteiger partial charge in [0.15, 0.2) is 9.84 Å². The zero-order chi connectivity index (χ0) is 19.3. The molecule has 1 aromatic rings. The summed E-state index contributed by atoms with van der Waals surface area (Å²) in [5.74, 6) is -1.68. The van der Waals surface area contributed by atoms with Crippen LogP contribution in [0.3, 0.4) is 0 Å². The highest BCUT2D eigenvalue weighted by molar-refractivity contribution is 7.90. The number of carbonyl (C=O) groups excluding carboxylic acids is 1. The Balaban J connectivity index is 1.97. The number of nitro groups is 1. The number of amides is 1. The maximum absolute atomic E-state index is 12.8. The van der Waals surface area contributed by atoms with Gasteiger partial charge < -0.3 is 10.0 Å². The molecular formula is C16H18N2O7S. The van der Waals surface area contributed by atoms with Crippen LogP contribution in [0.1, 0.15) is 29.6 Å². The lowest BCUT2D eigenvalue weighted by molar-refractivity contribution is -0.385. The van der Waals surface area contributed by atoms with Crippen molar-refractivity contribution in [2.75, 3.05) is 19.3 Å². The van der Waals surface area contributed by atoms with Crippen LogP contribution in [0.4, 0.5) is 5.69 Å². The molecule has 2 atom stereocenters. The van der Waals surface area contributed by atoms with Crippen molar-refractivity contribution in [2.24, 2.45) is 11.3 Å². The minimum atomic E-state index is -3.75. The number of hydrogen-bond acceptors (Lipinski definition) is 6. The molecule has 0 bridgehead atoms. The number of sulfone groups is 1. The maximum Gasteiger partial charge on any atom is 0.311 e. The van der Waals surface area contributed by atoms with E-state index in [1.165, 1.54) is 4.90 Å². The number of carbonyl (C=O) groups is 2. The van der Waals surface area contributed by atoms with Crippen molar-refractivity contribution >= 4 is 27.4 Å². The summed E-state index contributed by atoms with van der Waals surface area (Å²) in [4.78, 5) is 35.9. The number of nitro benzene ring substituents is 1. The molecule has 1 aliphatic heterocycles. The molecule has 2 fully saturated rings. The lowest BCUT2D eigenvalue weighted by Gasteiger charge is -2.23. The molecule has 1 saturated carbocycles. The van der Waals surface area contributed by atoms with Crippen LogP contribution in [-0.2, 0) is 14.6 Å². The van der Waals surface area contributed by atoms with E-state index in [4.69, 9.17) is 0 Å². The van der Waals surface area contributed by atoms with Crippen molar-refractivity contribution < 1.29 is 28.0 Å². The van der Waals surface area contributed by atoms with Gasteiger partial charge in [0.2, 0.25) is 0 Å². The fourth-order valence-corrected chi connectivity index (χ4v) is 4.68. The molecule has 0 spiro atoms. The Hall–Kier alpha value is -2.49. The van der Waals surface area contributed by atoms with E-state index in [2.05, 4.69) is 0 Å². The number of benzene rings is 1. The third-order valence-corrected chi connectivity index (χ3v) is 6.45. The second kappa shape index (κ2) is 6.04. The van der Waals surface area contributed by atoms with Gasteiger partial charge >= 0.3 is 5.97 Å². The largest absolute Gasteiger partial charge is 0.481 e. The van der Waals surface area contributed by atoms with Crippen LogP contribution in [0.5, 0.6) is 0 Å². The van der Waals surface area contributed by atoms with Gasteiger partial charge in [0.05, 0.1) is 15.2 Å². The first kappa shape index (κ1) is 18.3. The number of non-ortho nitro benzene ring substituents is 1. The average Bonchev–Trinajstić information content (AvgIpc) is 3.11. The van der Waals surface area contributed by atoms with E-state index in [1.54, 1.807) is 0 Å². The molecule has 1 N–H and O–H groups in total. The zero-order valence-corrected chi connectivity index (χ0v) is 14.9. The van der Waals surface area contributed by atoms with E-state index in [1.807, 2.05) is 0 Å². The minimum Gasteiger partial charge on any atom is -0.481 e. The summed E-state index contributed by atoms with van der Waals surface area (Å²) < 4.78 is 23.6. The van der Waals surface area contributed by atoms with Gasteiger partial charge in [-0.3, -0.25) is 19.7 Å². The van der Waals surface area contributed by atoms with Gasteiger partial charge in [0.1, 0.15) is 0 Å². The van der Waals surface area contributed by atoms with Gasteiger partial charge in [-0.2, -0.15) is 0 Å². The van der Waals surface area contributed by atoms with Crippen LogP contribution >= 0.6 is 0 Å². The Labute approximate surface area is 149 Å². The quantitative estimate of drug-likeness (QED) is 0.613. The summed E-state index contributed by atoms with van der Waals surface area (Å²) in [7, 11) is -3.75. The Bertz CT molecular complexity index is 911. The molecule has 2 aliphatic rings. The molecule has 140 valence electrons. The van der Waals surface area contributed by atoms with E-state index in [9.17, 15) is 33.2 Å². The molecule has 1 aromatic carbocycles. The number of likely N-dealkylation sites (tertiary alicyclic amines) is 1. The van der Waals surface area contributed by atoms with Crippen LogP contribution in [-0.4, -0.2) is 54.6 Å². The van der Waals surface area contributed by atoms with Crippen molar-refractivity contribution in [3.05, 3.63) is 33.9 Å². The van der Waals surface area contributed by atoms with E-state index >= 15 is 0 Å². The molecule has 0 unspecified atom stereocenters. The Morgan fingerprint density at radius 3 is 2.58 bits per heavy atom. The molecule has 0 radical (unpaired) electrons. The second-order valence-electron chi connectivity index (χ2n) is 6.98. The number of carboxylic acid groups (broad SMARTS) is 1. The van der Waals surface area contributed by atoms with Crippen molar-refractivity contribution in [1.82, 2.24) is 4.90 Å². The highest BCUT2D eigenvalue weighted by Crippen LogP contribution is 2.49. The Morgan fingerprint density at radius 2 is 2.04 bits per heavy atom. The summed E-state index contributed by atoms with van der Waals surface area (Å²) in [5, 5.41) is 20.7. The first-order valence-corrected chi connectivity index (χ1v) is 9.96. The lowest BCUT2D eigenvalue weighted by atomic mass is 9.81. The average molecular weight is 382 g/mol. The summed E-state index contributed by atoms with van der Waals surface area (Å²) in [6.45, 7) is 0.283. The first-order valence-electron chi connectivity index (χ1n) is 8.07. The van der Waals surface area contributed by atoms with E-state index in [-0.39, 0.29) is 29.5 Å². The van der Waals surface area contributed by atoms with E-state index in [0.717, 1.165) is 30.9 Å². The lowest BCUT2D eigenvalue weighted by Crippen LogP contribution is -2.37. The van der Waals surface area contributed by atoms with Gasteiger partial charge in [-0.15, -0.1) is 0 Å². The fraction of sp³-hybridized carbons (Fsp3) is 0.500. The third kappa shape index (κ3) is 2.94. The SMILES string of the molecule is CS(=O)(=O)c1cc(C(=O)N2C[C@@H]3CCC[C@@]3(C(=O)O)C2)cc([N+](=O)[O-])c1. The molecule has 26 heavy (non-hydrogen) atoms. The molecule has 1 aliphatic carbocycles. The highest BCUT2D eigenvalue weighted by Gasteiger charge is 2.55. The predicted molar refractivity (Wildman–Crippen MR) is 89.5 cm³/mol. The molecule has 9 nitrogen and oxygen atoms in total. The predicted octanol–water partition coefficient (Wildman–Crippen LogP) is 1.33. The molecule has 0 aromatic heterocycles. The maximum atomic E-state index is 12.8. The number of nitrogens with zero attached hydrogens (tertiary/aromatic N) is 2. The standard InChI is InChI=1S/C16H18N2O7S/c1-26(24,25)13-6-10(5-12(7-13)18(22)23)14(19)17-8-11-3-2-4-16(11,9-17)15(20)21/h5-7,11H,2-4,8-9H2,1H3,(H,20,21)/t11-,16+/m0/s1. The van der Waals surface area contributed by atoms with Crippen molar-refractivity contribution in [3.63, 3.8) is 0 Å². The van der Waals surface area contributed by atoms with Crippen LogP contribution in [0.25, 0.3) is 0 Å². The van der Waals surface area contributed by atoms with Crippen molar-refractivity contribution in [1.29, 1.82) is 0 Å². The molecule has 1 saturated heterocycles. The van der Waals surface area contributed by atoms with Crippen LogP contribution in [0.15, 0.2) is 23.1 Å². The number of carboxylic acids is 1.